The van der Waals surface area contributed by atoms with Crippen LogP contribution in [0.3, 0.4) is 0 Å². The molecule has 2 amide bonds. The number of hydrogen-bond donors (Lipinski definition) is 1. The van der Waals surface area contributed by atoms with Crippen LogP contribution in [-0.2, 0) is 4.79 Å². The molecule has 1 aliphatic carbocycles. The quantitative estimate of drug-likeness (QED) is 0.897. The summed E-state index contributed by atoms with van der Waals surface area (Å²) in [5.74, 6) is -0.995. The number of halogens is 1. The number of carbonyl (C=O) groups excluding carboxylic acids is 2. The third-order valence-electron chi connectivity index (χ3n) is 5.34. The summed E-state index contributed by atoms with van der Waals surface area (Å²) in [6.45, 7) is 0.738. The number of carbonyl (C=O) groups is 2. The Labute approximate surface area is 156 Å². The molecule has 2 aliphatic rings. The summed E-state index contributed by atoms with van der Waals surface area (Å²) in [7, 11) is 0. The molecule has 142 valence electrons. The molecule has 1 saturated carbocycles. The van der Waals surface area contributed by atoms with Crippen LogP contribution in [0, 0.1) is 5.82 Å². The molecule has 2 fully saturated rings. The minimum atomic E-state index is -0.799. The van der Waals surface area contributed by atoms with Crippen molar-refractivity contribution in [2.24, 2.45) is 0 Å². The standard InChI is InChI=1S/C19H22FN5O2/c20-14-8-6-13(7-9-14)17-18(26)21-10-11-24(17)19(27)16-12-25(23-22-16)15-4-2-1-3-5-15/h6-9,12,15,17H,1-5,10-11H2,(H,21,26). The molecular weight excluding hydrogens is 349 g/mol. The molecule has 0 radical (unpaired) electrons. The van der Waals surface area contributed by atoms with E-state index in [1.807, 2.05) is 0 Å². The van der Waals surface area contributed by atoms with E-state index in [1.54, 1.807) is 10.9 Å². The third kappa shape index (κ3) is 3.56. The number of aromatic nitrogens is 3. The highest BCUT2D eigenvalue weighted by molar-refractivity contribution is 5.97. The van der Waals surface area contributed by atoms with E-state index in [2.05, 4.69) is 15.6 Å². The van der Waals surface area contributed by atoms with E-state index in [0.717, 1.165) is 25.7 Å². The van der Waals surface area contributed by atoms with E-state index >= 15 is 0 Å². The van der Waals surface area contributed by atoms with Crippen LogP contribution in [-0.4, -0.2) is 44.8 Å². The predicted molar refractivity (Wildman–Crippen MR) is 95.3 cm³/mol. The van der Waals surface area contributed by atoms with Crippen molar-refractivity contribution in [2.75, 3.05) is 13.1 Å². The summed E-state index contributed by atoms with van der Waals surface area (Å²) >= 11 is 0. The van der Waals surface area contributed by atoms with Crippen LogP contribution in [0.15, 0.2) is 30.5 Å². The molecule has 4 rings (SSSR count). The smallest absolute Gasteiger partial charge is 0.277 e. The maximum atomic E-state index is 13.2. The first-order chi connectivity index (χ1) is 13.1. The fourth-order valence-electron chi connectivity index (χ4n) is 3.91. The van der Waals surface area contributed by atoms with Crippen LogP contribution in [0.25, 0.3) is 0 Å². The van der Waals surface area contributed by atoms with E-state index in [4.69, 9.17) is 0 Å². The number of hydrogen-bond acceptors (Lipinski definition) is 4. The molecule has 1 N–H and O–H groups in total. The zero-order valence-corrected chi connectivity index (χ0v) is 15.0. The molecule has 1 aromatic heterocycles. The Morgan fingerprint density at radius 2 is 1.89 bits per heavy atom. The molecule has 0 bridgehead atoms. The average Bonchev–Trinajstić information content (AvgIpc) is 3.19. The fourth-order valence-corrected chi connectivity index (χ4v) is 3.91. The van der Waals surface area contributed by atoms with Crippen molar-refractivity contribution in [2.45, 2.75) is 44.2 Å². The summed E-state index contributed by atoms with van der Waals surface area (Å²) in [6.07, 6.45) is 7.33. The Kier molecular flexibility index (Phi) is 4.87. The van der Waals surface area contributed by atoms with Gasteiger partial charge in [-0.25, -0.2) is 9.07 Å². The van der Waals surface area contributed by atoms with Crippen molar-refractivity contribution in [3.8, 4) is 0 Å². The number of piperazine rings is 1. The molecule has 1 aliphatic heterocycles. The summed E-state index contributed by atoms with van der Waals surface area (Å²) in [6, 6.07) is 5.13. The van der Waals surface area contributed by atoms with Crippen LogP contribution >= 0.6 is 0 Å². The summed E-state index contributed by atoms with van der Waals surface area (Å²) < 4.78 is 15.0. The van der Waals surface area contributed by atoms with Gasteiger partial charge in [-0.3, -0.25) is 9.59 Å². The number of benzene rings is 1. The molecule has 2 aromatic rings. The number of rotatable bonds is 3. The van der Waals surface area contributed by atoms with Gasteiger partial charge in [0.2, 0.25) is 5.91 Å². The van der Waals surface area contributed by atoms with Crippen molar-refractivity contribution in [1.82, 2.24) is 25.2 Å². The van der Waals surface area contributed by atoms with Gasteiger partial charge in [0.25, 0.3) is 5.91 Å². The monoisotopic (exact) mass is 371 g/mol. The lowest BCUT2D eigenvalue weighted by Gasteiger charge is -2.34. The molecule has 7 nitrogen and oxygen atoms in total. The van der Waals surface area contributed by atoms with Gasteiger partial charge >= 0.3 is 0 Å². The van der Waals surface area contributed by atoms with Gasteiger partial charge in [-0.05, 0) is 30.5 Å². The molecule has 8 heteroatoms. The SMILES string of the molecule is O=C1NCCN(C(=O)c2cn(C3CCCCC3)nn2)C1c1ccc(F)cc1. The second-order valence-corrected chi connectivity index (χ2v) is 7.12. The Balaban J connectivity index is 1.58. The van der Waals surface area contributed by atoms with Gasteiger partial charge in [-0.2, -0.15) is 0 Å². The molecule has 1 atom stereocenters. The van der Waals surface area contributed by atoms with Gasteiger partial charge in [-0.1, -0.05) is 36.6 Å². The van der Waals surface area contributed by atoms with E-state index in [-0.39, 0.29) is 29.4 Å². The van der Waals surface area contributed by atoms with Gasteiger partial charge in [0.1, 0.15) is 11.9 Å². The highest BCUT2D eigenvalue weighted by atomic mass is 19.1. The Hall–Kier alpha value is -2.77. The van der Waals surface area contributed by atoms with Gasteiger partial charge in [-0.15, -0.1) is 5.10 Å². The fraction of sp³-hybridized carbons (Fsp3) is 0.474. The minimum absolute atomic E-state index is 0.238. The molecule has 27 heavy (non-hydrogen) atoms. The van der Waals surface area contributed by atoms with Crippen molar-refractivity contribution < 1.29 is 14.0 Å². The first kappa shape index (κ1) is 17.6. The van der Waals surface area contributed by atoms with E-state index in [0.29, 0.717) is 18.7 Å². The predicted octanol–water partition coefficient (Wildman–Crippen LogP) is 2.24. The topological polar surface area (TPSA) is 80.1 Å². The minimum Gasteiger partial charge on any atom is -0.352 e. The number of amides is 2. The maximum absolute atomic E-state index is 13.2. The van der Waals surface area contributed by atoms with Gasteiger partial charge in [0.15, 0.2) is 5.69 Å². The van der Waals surface area contributed by atoms with Crippen LogP contribution in [0.1, 0.15) is 60.2 Å². The number of nitrogens with one attached hydrogen (secondary N) is 1. The summed E-state index contributed by atoms with van der Waals surface area (Å²) in [4.78, 5) is 27.0. The molecule has 1 unspecified atom stereocenters. The highest BCUT2D eigenvalue weighted by Crippen LogP contribution is 2.28. The largest absolute Gasteiger partial charge is 0.352 e. The van der Waals surface area contributed by atoms with Crippen molar-refractivity contribution in [3.05, 3.63) is 47.5 Å². The van der Waals surface area contributed by atoms with Crippen LogP contribution in [0.2, 0.25) is 0 Å². The first-order valence-corrected chi connectivity index (χ1v) is 9.39. The van der Waals surface area contributed by atoms with Gasteiger partial charge in [0, 0.05) is 13.1 Å². The van der Waals surface area contributed by atoms with Crippen LogP contribution < -0.4 is 5.32 Å². The summed E-state index contributed by atoms with van der Waals surface area (Å²) in [5.41, 5.74) is 0.809. The first-order valence-electron chi connectivity index (χ1n) is 9.39. The molecular formula is C19H22FN5O2. The molecule has 1 saturated heterocycles. The maximum Gasteiger partial charge on any atom is 0.277 e. The van der Waals surface area contributed by atoms with Crippen LogP contribution in [0.5, 0.6) is 0 Å². The molecule has 2 heterocycles. The van der Waals surface area contributed by atoms with E-state index in [1.165, 1.54) is 35.6 Å². The Morgan fingerprint density at radius 3 is 2.63 bits per heavy atom. The van der Waals surface area contributed by atoms with Crippen LogP contribution in [0.4, 0.5) is 4.39 Å². The Morgan fingerprint density at radius 1 is 1.15 bits per heavy atom. The second kappa shape index (κ2) is 7.46. The highest BCUT2D eigenvalue weighted by Gasteiger charge is 2.36. The lowest BCUT2D eigenvalue weighted by molar-refractivity contribution is -0.128. The van der Waals surface area contributed by atoms with Crippen molar-refractivity contribution >= 4 is 11.8 Å². The van der Waals surface area contributed by atoms with Gasteiger partial charge < -0.3 is 10.2 Å². The zero-order valence-electron chi connectivity index (χ0n) is 15.0. The lowest BCUT2D eigenvalue weighted by Crippen LogP contribution is -2.52. The molecule has 0 spiro atoms. The van der Waals surface area contributed by atoms with Gasteiger partial charge in [0.05, 0.1) is 12.2 Å². The molecule has 1 aromatic carbocycles. The van der Waals surface area contributed by atoms with E-state index < -0.39 is 6.04 Å². The Bertz CT molecular complexity index is 829. The number of nitrogens with zero attached hydrogens (tertiary/aromatic N) is 4. The second-order valence-electron chi connectivity index (χ2n) is 7.12. The van der Waals surface area contributed by atoms with Crippen molar-refractivity contribution in [3.63, 3.8) is 0 Å². The third-order valence-corrected chi connectivity index (χ3v) is 5.34. The lowest BCUT2D eigenvalue weighted by atomic mass is 9.96. The average molecular weight is 371 g/mol. The zero-order chi connectivity index (χ0) is 18.8. The summed E-state index contributed by atoms with van der Waals surface area (Å²) in [5, 5.41) is 11.0. The van der Waals surface area contributed by atoms with E-state index in [9.17, 15) is 14.0 Å². The normalized spacial score (nSPS) is 21.1. The van der Waals surface area contributed by atoms with Crippen molar-refractivity contribution in [1.29, 1.82) is 0 Å².